The zero-order valence-corrected chi connectivity index (χ0v) is 13.6. The summed E-state index contributed by atoms with van der Waals surface area (Å²) >= 11 is 0. The fourth-order valence-corrected chi connectivity index (χ4v) is 2.13. The lowest BCUT2D eigenvalue weighted by Gasteiger charge is -2.09. The third-order valence-electron chi connectivity index (χ3n) is 3.36. The first kappa shape index (κ1) is 16.5. The van der Waals surface area contributed by atoms with Crippen LogP contribution in [-0.2, 0) is 14.3 Å². The minimum Gasteiger partial charge on any atom is -0.493 e. The molecule has 0 atom stereocenters. The number of cyclic esters (lactones) is 1. The van der Waals surface area contributed by atoms with E-state index in [1.807, 2.05) is 0 Å². The zero-order chi connectivity index (χ0) is 17.8. The summed E-state index contributed by atoms with van der Waals surface area (Å²) in [6, 6.07) is 8.24. The van der Waals surface area contributed by atoms with Gasteiger partial charge in [0.05, 0.1) is 13.4 Å². The molecule has 7 heteroatoms. The summed E-state index contributed by atoms with van der Waals surface area (Å²) < 4.78 is 20.7. The Morgan fingerprint density at radius 1 is 1.28 bits per heavy atom. The third kappa shape index (κ3) is 3.60. The number of hydrogen-bond donors (Lipinski definition) is 0. The van der Waals surface area contributed by atoms with Crippen molar-refractivity contribution >= 4 is 23.9 Å². The van der Waals surface area contributed by atoms with Crippen LogP contribution in [0.15, 0.2) is 51.7 Å². The van der Waals surface area contributed by atoms with Gasteiger partial charge in [-0.3, -0.25) is 4.79 Å². The van der Waals surface area contributed by atoms with Crippen LogP contribution in [0.1, 0.15) is 24.7 Å². The number of aliphatic imine (C=N–C) groups is 1. The molecule has 1 aromatic heterocycles. The summed E-state index contributed by atoms with van der Waals surface area (Å²) in [5.74, 6) is 0.226. The second kappa shape index (κ2) is 7.04. The number of ether oxygens (including phenoxy) is 3. The van der Waals surface area contributed by atoms with Crippen LogP contribution in [0.25, 0.3) is 6.08 Å². The van der Waals surface area contributed by atoms with Gasteiger partial charge in [0.2, 0.25) is 0 Å². The SMILES string of the molecule is CCC(=O)Oc1ccc(/C=C2/N=C(c3ccco3)OC2=O)cc1OC. The van der Waals surface area contributed by atoms with Crippen molar-refractivity contribution in [2.45, 2.75) is 13.3 Å². The monoisotopic (exact) mass is 341 g/mol. The second-order valence-electron chi connectivity index (χ2n) is 5.05. The molecule has 0 N–H and O–H groups in total. The standard InChI is InChI=1S/C18H15NO6/c1-3-16(20)24-13-7-6-11(10-15(13)22-2)9-12-18(21)25-17(19-12)14-5-4-8-23-14/h4-10H,3H2,1-2H3/b12-9+. The molecule has 1 aliphatic rings. The Labute approximate surface area is 143 Å². The Morgan fingerprint density at radius 2 is 2.12 bits per heavy atom. The molecule has 0 spiro atoms. The molecule has 2 heterocycles. The van der Waals surface area contributed by atoms with Crippen LogP contribution in [0.4, 0.5) is 0 Å². The molecule has 0 amide bonds. The normalized spacial score (nSPS) is 15.0. The predicted octanol–water partition coefficient (Wildman–Crippen LogP) is 2.95. The van der Waals surface area contributed by atoms with E-state index >= 15 is 0 Å². The van der Waals surface area contributed by atoms with Crippen molar-refractivity contribution in [2.75, 3.05) is 7.11 Å². The first-order valence-electron chi connectivity index (χ1n) is 7.56. The van der Waals surface area contributed by atoms with E-state index in [9.17, 15) is 9.59 Å². The van der Waals surface area contributed by atoms with E-state index in [2.05, 4.69) is 4.99 Å². The quantitative estimate of drug-likeness (QED) is 0.472. The fraction of sp³-hybridized carbons (Fsp3) is 0.167. The Hall–Kier alpha value is -3.35. The van der Waals surface area contributed by atoms with Gasteiger partial charge in [0, 0.05) is 6.42 Å². The van der Waals surface area contributed by atoms with Crippen LogP contribution in [0, 0.1) is 0 Å². The molecule has 0 bridgehead atoms. The van der Waals surface area contributed by atoms with Crippen molar-refractivity contribution in [2.24, 2.45) is 4.99 Å². The Morgan fingerprint density at radius 3 is 2.80 bits per heavy atom. The fourth-order valence-electron chi connectivity index (χ4n) is 2.13. The number of carbonyl (C=O) groups excluding carboxylic acids is 2. The van der Waals surface area contributed by atoms with Gasteiger partial charge in [0.1, 0.15) is 0 Å². The largest absolute Gasteiger partial charge is 0.493 e. The molecule has 0 saturated heterocycles. The second-order valence-corrected chi connectivity index (χ2v) is 5.05. The van der Waals surface area contributed by atoms with Crippen molar-refractivity contribution in [3.63, 3.8) is 0 Å². The number of benzene rings is 1. The van der Waals surface area contributed by atoms with Gasteiger partial charge >= 0.3 is 11.9 Å². The van der Waals surface area contributed by atoms with E-state index < -0.39 is 5.97 Å². The Kier molecular flexibility index (Phi) is 4.65. The molecule has 0 radical (unpaired) electrons. The van der Waals surface area contributed by atoms with Gasteiger partial charge in [-0.2, -0.15) is 0 Å². The number of hydrogen-bond acceptors (Lipinski definition) is 7. The summed E-state index contributed by atoms with van der Waals surface area (Å²) in [5, 5.41) is 0. The van der Waals surface area contributed by atoms with Crippen molar-refractivity contribution in [3.05, 3.63) is 53.6 Å². The number of carbonyl (C=O) groups is 2. The van der Waals surface area contributed by atoms with Crippen molar-refractivity contribution in [1.29, 1.82) is 0 Å². The summed E-state index contributed by atoms with van der Waals surface area (Å²) in [6.07, 6.45) is 3.27. The maximum atomic E-state index is 11.9. The number of esters is 2. The lowest BCUT2D eigenvalue weighted by Crippen LogP contribution is -2.06. The number of methoxy groups -OCH3 is 1. The van der Waals surface area contributed by atoms with Crippen molar-refractivity contribution in [3.8, 4) is 11.5 Å². The van der Waals surface area contributed by atoms with Crippen LogP contribution in [0.2, 0.25) is 0 Å². The van der Waals surface area contributed by atoms with E-state index in [0.29, 0.717) is 22.8 Å². The third-order valence-corrected chi connectivity index (χ3v) is 3.36. The number of nitrogens with zero attached hydrogens (tertiary/aromatic N) is 1. The summed E-state index contributed by atoms with van der Waals surface area (Å²) in [6.45, 7) is 1.70. The van der Waals surface area contributed by atoms with E-state index in [1.54, 1.807) is 43.3 Å². The van der Waals surface area contributed by atoms with Gasteiger partial charge in [-0.1, -0.05) is 13.0 Å². The molecule has 1 aromatic carbocycles. The zero-order valence-electron chi connectivity index (χ0n) is 13.6. The highest BCUT2D eigenvalue weighted by Crippen LogP contribution is 2.30. The van der Waals surface area contributed by atoms with Gasteiger partial charge in [0.25, 0.3) is 5.90 Å². The van der Waals surface area contributed by atoms with E-state index in [4.69, 9.17) is 18.6 Å². The van der Waals surface area contributed by atoms with Crippen LogP contribution in [-0.4, -0.2) is 24.9 Å². The molecule has 0 fully saturated rings. The molecule has 1 aliphatic heterocycles. The summed E-state index contributed by atoms with van der Waals surface area (Å²) in [4.78, 5) is 27.5. The Balaban J connectivity index is 1.88. The van der Waals surface area contributed by atoms with Crippen LogP contribution >= 0.6 is 0 Å². The molecule has 0 unspecified atom stereocenters. The molecular formula is C18H15NO6. The molecular weight excluding hydrogens is 326 g/mol. The average molecular weight is 341 g/mol. The molecule has 2 aromatic rings. The number of rotatable bonds is 5. The molecule has 0 saturated carbocycles. The number of furan rings is 1. The maximum absolute atomic E-state index is 11.9. The van der Waals surface area contributed by atoms with Gasteiger partial charge in [-0.25, -0.2) is 9.79 Å². The Bertz CT molecular complexity index is 864. The first-order valence-corrected chi connectivity index (χ1v) is 7.56. The van der Waals surface area contributed by atoms with Gasteiger partial charge < -0.3 is 18.6 Å². The highest BCUT2D eigenvalue weighted by molar-refractivity contribution is 6.11. The highest BCUT2D eigenvalue weighted by atomic mass is 16.6. The van der Waals surface area contributed by atoms with Crippen LogP contribution in [0.3, 0.4) is 0 Å². The maximum Gasteiger partial charge on any atom is 0.363 e. The van der Waals surface area contributed by atoms with Crippen LogP contribution in [0.5, 0.6) is 11.5 Å². The summed E-state index contributed by atoms with van der Waals surface area (Å²) in [5.41, 5.74) is 0.774. The van der Waals surface area contributed by atoms with E-state index in [-0.39, 0.29) is 24.0 Å². The minimum absolute atomic E-state index is 0.113. The molecule has 3 rings (SSSR count). The van der Waals surface area contributed by atoms with Crippen molar-refractivity contribution in [1.82, 2.24) is 0 Å². The first-order chi connectivity index (χ1) is 12.1. The molecule has 0 aliphatic carbocycles. The summed E-state index contributed by atoms with van der Waals surface area (Å²) in [7, 11) is 1.46. The molecule has 128 valence electrons. The van der Waals surface area contributed by atoms with Gasteiger partial charge in [-0.15, -0.1) is 0 Å². The topological polar surface area (TPSA) is 87.3 Å². The van der Waals surface area contributed by atoms with Gasteiger partial charge in [-0.05, 0) is 35.9 Å². The smallest absolute Gasteiger partial charge is 0.363 e. The minimum atomic E-state index is -0.577. The average Bonchev–Trinajstić information content (AvgIpc) is 3.26. The molecule has 25 heavy (non-hydrogen) atoms. The lowest BCUT2D eigenvalue weighted by atomic mass is 10.1. The lowest BCUT2D eigenvalue weighted by molar-refractivity contribution is -0.134. The highest BCUT2D eigenvalue weighted by Gasteiger charge is 2.25. The van der Waals surface area contributed by atoms with Gasteiger partial charge in [0.15, 0.2) is 23.0 Å². The van der Waals surface area contributed by atoms with Crippen LogP contribution < -0.4 is 9.47 Å². The molecule has 7 nitrogen and oxygen atoms in total. The van der Waals surface area contributed by atoms with E-state index in [0.717, 1.165) is 0 Å². The van der Waals surface area contributed by atoms with E-state index in [1.165, 1.54) is 13.4 Å². The van der Waals surface area contributed by atoms with Crippen molar-refractivity contribution < 1.29 is 28.2 Å². The predicted molar refractivity (Wildman–Crippen MR) is 88.2 cm³/mol.